The van der Waals surface area contributed by atoms with Crippen LogP contribution in [0.5, 0.6) is 0 Å². The maximum atomic E-state index is 12.1. The van der Waals surface area contributed by atoms with Crippen LogP contribution in [0, 0.1) is 0 Å². The van der Waals surface area contributed by atoms with Crippen molar-refractivity contribution >= 4 is 39.1 Å². The Morgan fingerprint density at radius 2 is 1.74 bits per heavy atom. The quantitative estimate of drug-likeness (QED) is 0.467. The van der Waals surface area contributed by atoms with Crippen LogP contribution < -0.4 is 10.7 Å². The molecule has 0 radical (unpaired) electrons. The van der Waals surface area contributed by atoms with Crippen molar-refractivity contribution in [1.82, 2.24) is 5.43 Å². The van der Waals surface area contributed by atoms with Crippen LogP contribution in [0.15, 0.2) is 80.9 Å². The van der Waals surface area contributed by atoms with Gasteiger partial charge in [0.2, 0.25) is 0 Å². The lowest BCUT2D eigenvalue weighted by Gasteiger charge is -2.07. The first kappa shape index (κ1) is 18.6. The first-order valence-electron chi connectivity index (χ1n) is 8.08. The molecule has 0 aliphatic heterocycles. The highest BCUT2D eigenvalue weighted by Crippen LogP contribution is 2.14. The lowest BCUT2D eigenvalue weighted by atomic mass is 10.1. The Morgan fingerprint density at radius 3 is 2.44 bits per heavy atom. The molecule has 2 N–H and O–H groups in total. The Balaban J connectivity index is 1.68. The number of carbonyl (C=O) groups is 2. The van der Waals surface area contributed by atoms with Crippen LogP contribution in [0.3, 0.4) is 0 Å². The summed E-state index contributed by atoms with van der Waals surface area (Å²) in [6.45, 7) is 1.77. The molecule has 0 saturated heterocycles. The largest absolute Gasteiger partial charge is 0.459 e. The Kier molecular flexibility index (Phi) is 5.83. The zero-order valence-corrected chi connectivity index (χ0v) is 16.0. The molecule has 2 amide bonds. The molecule has 0 unspecified atom stereocenters. The van der Waals surface area contributed by atoms with Gasteiger partial charge in [0.1, 0.15) is 0 Å². The van der Waals surface area contributed by atoms with Crippen LogP contribution in [0.4, 0.5) is 5.69 Å². The fourth-order valence-electron chi connectivity index (χ4n) is 2.29. The number of furan rings is 1. The summed E-state index contributed by atoms with van der Waals surface area (Å²) in [7, 11) is 0. The van der Waals surface area contributed by atoms with Crippen molar-refractivity contribution in [2.24, 2.45) is 5.10 Å². The van der Waals surface area contributed by atoms with Gasteiger partial charge in [-0.25, -0.2) is 5.43 Å². The minimum atomic E-state index is -0.338. The van der Waals surface area contributed by atoms with E-state index in [0.717, 1.165) is 10.0 Å². The molecular formula is C20H16BrN3O3. The average molecular weight is 426 g/mol. The van der Waals surface area contributed by atoms with Gasteiger partial charge in [-0.2, -0.15) is 5.10 Å². The smallest absolute Gasteiger partial charge is 0.291 e. The Labute approximate surface area is 164 Å². The number of nitrogens with one attached hydrogen (secondary N) is 2. The van der Waals surface area contributed by atoms with Crippen LogP contribution in [0.2, 0.25) is 0 Å². The van der Waals surface area contributed by atoms with Crippen LogP contribution in [-0.2, 0) is 0 Å². The summed E-state index contributed by atoms with van der Waals surface area (Å²) in [6.07, 6.45) is 1.44. The van der Waals surface area contributed by atoms with Gasteiger partial charge in [0.05, 0.1) is 12.0 Å². The molecule has 0 fully saturated rings. The Bertz CT molecular complexity index is 980. The van der Waals surface area contributed by atoms with Crippen LogP contribution in [0.25, 0.3) is 0 Å². The van der Waals surface area contributed by atoms with E-state index in [1.807, 2.05) is 6.07 Å². The molecule has 0 saturated carbocycles. The van der Waals surface area contributed by atoms with Crippen molar-refractivity contribution in [3.05, 3.63) is 88.3 Å². The number of hydrazone groups is 1. The molecule has 7 heteroatoms. The number of benzene rings is 2. The molecular weight excluding hydrogens is 410 g/mol. The summed E-state index contributed by atoms with van der Waals surface area (Å²) in [5.41, 5.74) is 5.01. The molecule has 6 nitrogen and oxygen atoms in total. The molecule has 0 aliphatic rings. The molecule has 2 aromatic carbocycles. The third kappa shape index (κ3) is 4.92. The van der Waals surface area contributed by atoms with E-state index in [-0.39, 0.29) is 17.6 Å². The highest BCUT2D eigenvalue weighted by Gasteiger charge is 2.10. The lowest BCUT2D eigenvalue weighted by molar-refractivity contribution is 0.0953. The predicted octanol–water partition coefficient (Wildman–Crippen LogP) is 4.45. The maximum absolute atomic E-state index is 12.1. The number of nitrogens with zero attached hydrogens (tertiary/aromatic N) is 1. The Hall–Kier alpha value is -3.19. The maximum Gasteiger partial charge on any atom is 0.291 e. The fourth-order valence-corrected chi connectivity index (χ4v) is 2.55. The van der Waals surface area contributed by atoms with Crippen molar-refractivity contribution in [2.45, 2.75) is 6.92 Å². The molecule has 136 valence electrons. The standard InChI is InChI=1S/C20H16BrN3O3/c1-13(23-24-19(25)14-7-9-16(21)10-8-14)15-4-2-5-17(12-15)22-20(26)18-6-3-11-27-18/h2-12H,1H3,(H,22,26)(H,24,25). The normalized spacial score (nSPS) is 11.1. The summed E-state index contributed by atoms with van der Waals surface area (Å²) in [6, 6.07) is 17.4. The van der Waals surface area contributed by atoms with Gasteiger partial charge in [-0.3, -0.25) is 9.59 Å². The molecule has 0 atom stereocenters. The second-order valence-electron chi connectivity index (χ2n) is 5.66. The first-order valence-corrected chi connectivity index (χ1v) is 8.88. The van der Waals surface area contributed by atoms with Gasteiger partial charge in [-0.05, 0) is 61.0 Å². The number of amides is 2. The van der Waals surface area contributed by atoms with Gasteiger partial charge >= 0.3 is 0 Å². The number of halogens is 1. The minimum Gasteiger partial charge on any atom is -0.459 e. The minimum absolute atomic E-state index is 0.229. The summed E-state index contributed by atoms with van der Waals surface area (Å²) in [4.78, 5) is 24.2. The highest BCUT2D eigenvalue weighted by molar-refractivity contribution is 9.10. The van der Waals surface area contributed by atoms with E-state index in [9.17, 15) is 9.59 Å². The van der Waals surface area contributed by atoms with E-state index in [1.54, 1.807) is 61.5 Å². The average Bonchev–Trinajstić information content (AvgIpc) is 3.21. The van der Waals surface area contributed by atoms with Gasteiger partial charge in [0.15, 0.2) is 5.76 Å². The number of carbonyl (C=O) groups excluding carboxylic acids is 2. The van der Waals surface area contributed by atoms with E-state index in [0.29, 0.717) is 17.0 Å². The molecule has 3 aromatic rings. The van der Waals surface area contributed by atoms with E-state index in [1.165, 1.54) is 6.26 Å². The zero-order chi connectivity index (χ0) is 19.2. The summed E-state index contributed by atoms with van der Waals surface area (Å²) in [5.74, 6) is -0.410. The molecule has 0 spiro atoms. The van der Waals surface area contributed by atoms with Crippen molar-refractivity contribution in [3.8, 4) is 0 Å². The molecule has 3 rings (SSSR count). The zero-order valence-electron chi connectivity index (χ0n) is 14.4. The number of anilines is 1. The highest BCUT2D eigenvalue weighted by atomic mass is 79.9. The molecule has 1 heterocycles. The van der Waals surface area contributed by atoms with Gasteiger partial charge in [-0.1, -0.05) is 28.1 Å². The molecule has 0 aliphatic carbocycles. The van der Waals surface area contributed by atoms with Crippen molar-refractivity contribution < 1.29 is 14.0 Å². The molecule has 27 heavy (non-hydrogen) atoms. The van der Waals surface area contributed by atoms with E-state index < -0.39 is 0 Å². The summed E-state index contributed by atoms with van der Waals surface area (Å²) >= 11 is 3.33. The number of rotatable bonds is 5. The Morgan fingerprint density at radius 1 is 0.963 bits per heavy atom. The van der Waals surface area contributed by atoms with Gasteiger partial charge in [-0.15, -0.1) is 0 Å². The van der Waals surface area contributed by atoms with Crippen LogP contribution >= 0.6 is 15.9 Å². The SMILES string of the molecule is CC(=NNC(=O)c1ccc(Br)cc1)c1cccc(NC(=O)c2ccco2)c1. The van der Waals surface area contributed by atoms with Crippen LogP contribution in [0.1, 0.15) is 33.4 Å². The van der Waals surface area contributed by atoms with Gasteiger partial charge in [0.25, 0.3) is 11.8 Å². The van der Waals surface area contributed by atoms with Crippen molar-refractivity contribution in [1.29, 1.82) is 0 Å². The van der Waals surface area contributed by atoms with Crippen molar-refractivity contribution in [2.75, 3.05) is 5.32 Å². The van der Waals surface area contributed by atoms with E-state index >= 15 is 0 Å². The van der Waals surface area contributed by atoms with Crippen molar-refractivity contribution in [3.63, 3.8) is 0 Å². The third-order valence-corrected chi connectivity index (χ3v) is 4.24. The lowest BCUT2D eigenvalue weighted by Crippen LogP contribution is -2.19. The topological polar surface area (TPSA) is 83.7 Å². The molecule has 1 aromatic heterocycles. The third-order valence-electron chi connectivity index (χ3n) is 3.71. The predicted molar refractivity (Wildman–Crippen MR) is 107 cm³/mol. The molecule has 0 bridgehead atoms. The summed E-state index contributed by atoms with van der Waals surface area (Å²) in [5, 5.41) is 6.89. The number of hydrogen-bond acceptors (Lipinski definition) is 4. The van der Waals surface area contributed by atoms with E-state index in [4.69, 9.17) is 4.42 Å². The second-order valence-corrected chi connectivity index (χ2v) is 6.57. The first-order chi connectivity index (χ1) is 13.0. The summed E-state index contributed by atoms with van der Waals surface area (Å²) < 4.78 is 5.97. The van der Waals surface area contributed by atoms with Gasteiger partial charge < -0.3 is 9.73 Å². The monoisotopic (exact) mass is 425 g/mol. The van der Waals surface area contributed by atoms with Gasteiger partial charge in [0, 0.05) is 15.7 Å². The fraction of sp³-hybridized carbons (Fsp3) is 0.0500. The number of hydrogen-bond donors (Lipinski definition) is 2. The second kappa shape index (κ2) is 8.46. The van der Waals surface area contributed by atoms with E-state index in [2.05, 4.69) is 31.8 Å². The van der Waals surface area contributed by atoms with Crippen LogP contribution in [-0.4, -0.2) is 17.5 Å².